The first-order valence-electron chi connectivity index (χ1n) is 10.4. The van der Waals surface area contributed by atoms with Crippen molar-refractivity contribution in [2.75, 3.05) is 18.5 Å². The lowest BCUT2D eigenvalue weighted by Crippen LogP contribution is -2.47. The molecule has 0 saturated heterocycles. The average Bonchev–Trinajstić information content (AvgIpc) is 3.14. The van der Waals surface area contributed by atoms with E-state index in [9.17, 15) is 0 Å². The van der Waals surface area contributed by atoms with Gasteiger partial charge >= 0.3 is 0 Å². The van der Waals surface area contributed by atoms with Crippen molar-refractivity contribution in [3.63, 3.8) is 0 Å². The molecule has 0 aliphatic carbocycles. The Balaban J connectivity index is 2.29. The Labute approximate surface area is 176 Å². The summed E-state index contributed by atoms with van der Waals surface area (Å²) in [4.78, 5) is 11.7. The predicted octanol–water partition coefficient (Wildman–Crippen LogP) is 4.71. The zero-order chi connectivity index (χ0) is 22.0. The van der Waals surface area contributed by atoms with E-state index in [4.69, 9.17) is 15.4 Å². The van der Waals surface area contributed by atoms with Gasteiger partial charge in [-0.15, -0.1) is 0 Å². The number of amidine groups is 1. The van der Waals surface area contributed by atoms with Gasteiger partial charge in [-0.3, -0.25) is 0 Å². The van der Waals surface area contributed by atoms with Crippen LogP contribution in [0.25, 0.3) is 0 Å². The number of anilines is 1. The molecule has 0 saturated carbocycles. The molecular weight excluding hydrogens is 360 g/mol. The molecule has 1 aliphatic heterocycles. The summed E-state index contributed by atoms with van der Waals surface area (Å²) in [6.45, 7) is 18.7. The minimum atomic E-state index is -0.0638. The average molecular weight is 399 g/mol. The zero-order valence-corrected chi connectivity index (χ0v) is 19.5. The molecule has 0 aromatic heterocycles. The molecule has 0 fully saturated rings. The van der Waals surface area contributed by atoms with Crippen LogP contribution in [0.4, 0.5) is 11.4 Å². The van der Waals surface area contributed by atoms with Crippen LogP contribution in [0.15, 0.2) is 28.2 Å². The molecule has 2 unspecified atom stereocenters. The molecule has 1 heterocycles. The highest BCUT2D eigenvalue weighted by molar-refractivity contribution is 6.62. The number of aliphatic imine (C=N–C) groups is 2. The van der Waals surface area contributed by atoms with Gasteiger partial charge in [-0.1, -0.05) is 41.5 Å². The third-order valence-electron chi connectivity index (χ3n) is 6.87. The van der Waals surface area contributed by atoms with E-state index in [0.29, 0.717) is 17.5 Å². The fraction of sp³-hybridized carbons (Fsp3) is 0.609. The van der Waals surface area contributed by atoms with Gasteiger partial charge in [0.25, 0.3) is 0 Å². The zero-order valence-electron chi connectivity index (χ0n) is 19.5. The minimum absolute atomic E-state index is 0.0638. The van der Waals surface area contributed by atoms with Gasteiger partial charge in [-0.25, -0.2) is 15.4 Å². The Morgan fingerprint density at radius 3 is 2.48 bits per heavy atom. The van der Waals surface area contributed by atoms with E-state index < -0.39 is 0 Å². The van der Waals surface area contributed by atoms with Crippen molar-refractivity contribution >= 4 is 29.1 Å². The summed E-state index contributed by atoms with van der Waals surface area (Å²) in [5.74, 6) is 0.917. The van der Waals surface area contributed by atoms with Crippen LogP contribution < -0.4 is 15.8 Å². The van der Waals surface area contributed by atoms with Gasteiger partial charge in [-0.05, 0) is 54.4 Å². The quantitative estimate of drug-likeness (QED) is 0.582. The molecule has 0 amide bonds. The van der Waals surface area contributed by atoms with Crippen molar-refractivity contribution in [3.05, 3.63) is 23.8 Å². The first kappa shape index (κ1) is 23.1. The molecule has 160 valence electrons. The number of hydrogen-bond donors (Lipinski definition) is 3. The summed E-state index contributed by atoms with van der Waals surface area (Å²) in [6.07, 6.45) is 1.20. The fourth-order valence-corrected chi connectivity index (χ4v) is 3.26. The molecule has 6 heteroatoms. The van der Waals surface area contributed by atoms with Crippen LogP contribution in [0.5, 0.6) is 0 Å². The van der Waals surface area contributed by atoms with Crippen molar-refractivity contribution in [1.29, 1.82) is 5.41 Å². The van der Waals surface area contributed by atoms with Crippen molar-refractivity contribution < 1.29 is 0 Å². The Morgan fingerprint density at radius 2 is 1.97 bits per heavy atom. The van der Waals surface area contributed by atoms with Gasteiger partial charge in [0.15, 0.2) is 5.84 Å². The third kappa shape index (κ3) is 4.86. The van der Waals surface area contributed by atoms with Crippen molar-refractivity contribution in [1.82, 2.24) is 10.9 Å². The van der Waals surface area contributed by atoms with E-state index in [1.54, 1.807) is 0 Å². The van der Waals surface area contributed by atoms with Gasteiger partial charge in [0.2, 0.25) is 0 Å². The molecule has 1 aliphatic rings. The molecule has 1 aromatic rings. The fourth-order valence-electron chi connectivity index (χ4n) is 3.26. The topological polar surface area (TPSA) is 75.9 Å². The SMILES string of the molecule is CCN(C)c1ccc(N=C(C=N)C2=NC(C(C)C(C)(C)C(C)(C)C)NN2)c(C)c1. The van der Waals surface area contributed by atoms with E-state index in [1.165, 1.54) is 6.21 Å². The molecule has 2 atom stereocenters. The van der Waals surface area contributed by atoms with Gasteiger partial charge < -0.3 is 15.7 Å². The molecule has 0 spiro atoms. The maximum Gasteiger partial charge on any atom is 0.165 e. The molecule has 3 N–H and O–H groups in total. The van der Waals surface area contributed by atoms with Crippen LogP contribution in [0.1, 0.15) is 54.0 Å². The number of hydrogen-bond acceptors (Lipinski definition) is 6. The summed E-state index contributed by atoms with van der Waals surface area (Å²) in [5.41, 5.74) is 10.3. The number of benzene rings is 1. The van der Waals surface area contributed by atoms with E-state index in [2.05, 4.69) is 83.4 Å². The normalized spacial score (nSPS) is 18.9. The monoisotopic (exact) mass is 398 g/mol. The highest BCUT2D eigenvalue weighted by Crippen LogP contribution is 2.45. The Kier molecular flexibility index (Phi) is 6.89. The largest absolute Gasteiger partial charge is 0.375 e. The lowest BCUT2D eigenvalue weighted by atomic mass is 9.62. The van der Waals surface area contributed by atoms with Gasteiger partial charge in [0.05, 0.1) is 5.69 Å². The lowest BCUT2D eigenvalue weighted by Gasteiger charge is -2.45. The van der Waals surface area contributed by atoms with Crippen molar-refractivity contribution in [2.45, 2.75) is 61.6 Å². The number of rotatable bonds is 7. The van der Waals surface area contributed by atoms with Crippen LogP contribution in [0.2, 0.25) is 0 Å². The highest BCUT2D eigenvalue weighted by Gasteiger charge is 2.42. The van der Waals surface area contributed by atoms with E-state index in [0.717, 1.165) is 23.5 Å². The smallest absolute Gasteiger partial charge is 0.165 e. The number of aryl methyl sites for hydroxylation is 1. The number of nitrogens with zero attached hydrogens (tertiary/aromatic N) is 3. The Morgan fingerprint density at radius 1 is 1.31 bits per heavy atom. The van der Waals surface area contributed by atoms with Gasteiger partial charge in [0.1, 0.15) is 11.9 Å². The molecule has 29 heavy (non-hydrogen) atoms. The maximum absolute atomic E-state index is 7.87. The van der Waals surface area contributed by atoms with Crippen molar-refractivity contribution in [2.24, 2.45) is 26.7 Å². The standard InChI is InChI=1S/C23H38N6/c1-10-29(9)17-11-12-18(15(2)13-17)25-19(14-24)21-26-20(27-28-21)16(3)23(7,8)22(4,5)6/h11-14,16,20,24,27H,10H2,1-9H3,(H,26,28). The van der Waals surface area contributed by atoms with Crippen LogP contribution in [0, 0.1) is 29.1 Å². The second-order valence-corrected chi connectivity index (χ2v) is 9.58. The first-order valence-corrected chi connectivity index (χ1v) is 10.4. The third-order valence-corrected chi connectivity index (χ3v) is 6.87. The van der Waals surface area contributed by atoms with Crippen LogP contribution in [0.3, 0.4) is 0 Å². The van der Waals surface area contributed by atoms with E-state index in [1.807, 2.05) is 13.0 Å². The number of nitrogens with one attached hydrogen (secondary N) is 3. The molecular formula is C23H38N6. The first-order chi connectivity index (χ1) is 13.4. The second kappa shape index (κ2) is 8.66. The Bertz CT molecular complexity index is 800. The molecule has 0 bridgehead atoms. The van der Waals surface area contributed by atoms with Crippen LogP contribution >= 0.6 is 0 Å². The predicted molar refractivity (Wildman–Crippen MR) is 126 cm³/mol. The second-order valence-electron chi connectivity index (χ2n) is 9.58. The maximum atomic E-state index is 7.87. The summed E-state index contributed by atoms with van der Waals surface area (Å²) < 4.78 is 0. The highest BCUT2D eigenvalue weighted by atomic mass is 15.5. The van der Waals surface area contributed by atoms with Gasteiger partial charge in [-0.2, -0.15) is 0 Å². The van der Waals surface area contributed by atoms with E-state index in [-0.39, 0.29) is 17.0 Å². The summed E-state index contributed by atoms with van der Waals surface area (Å²) in [7, 11) is 2.07. The van der Waals surface area contributed by atoms with Crippen LogP contribution in [-0.4, -0.2) is 37.5 Å². The molecule has 6 nitrogen and oxygen atoms in total. The lowest BCUT2D eigenvalue weighted by molar-refractivity contribution is 0.0444. The summed E-state index contributed by atoms with van der Waals surface area (Å²) >= 11 is 0. The van der Waals surface area contributed by atoms with Crippen molar-refractivity contribution in [3.8, 4) is 0 Å². The Hall–Kier alpha value is -2.21. The number of hydrazine groups is 1. The summed E-state index contributed by atoms with van der Waals surface area (Å²) in [6, 6.07) is 6.20. The minimum Gasteiger partial charge on any atom is -0.375 e. The molecule has 0 radical (unpaired) electrons. The molecule has 1 aromatic carbocycles. The molecule has 2 rings (SSSR count). The van der Waals surface area contributed by atoms with Gasteiger partial charge in [0, 0.05) is 25.5 Å². The van der Waals surface area contributed by atoms with Crippen LogP contribution in [-0.2, 0) is 0 Å². The van der Waals surface area contributed by atoms with E-state index >= 15 is 0 Å². The summed E-state index contributed by atoms with van der Waals surface area (Å²) in [5, 5.41) is 7.87.